The zero-order chi connectivity index (χ0) is 15.2. The van der Waals surface area contributed by atoms with Crippen LogP contribution in [0.25, 0.3) is 0 Å². The van der Waals surface area contributed by atoms with Crippen molar-refractivity contribution in [2.75, 3.05) is 19.5 Å². The van der Waals surface area contributed by atoms with Crippen molar-refractivity contribution in [2.24, 2.45) is 5.92 Å². The van der Waals surface area contributed by atoms with Crippen LogP contribution >= 0.6 is 0 Å². The summed E-state index contributed by atoms with van der Waals surface area (Å²) in [7, 11) is 1.61. The van der Waals surface area contributed by atoms with Crippen molar-refractivity contribution in [1.29, 1.82) is 0 Å². The van der Waals surface area contributed by atoms with Gasteiger partial charge < -0.3 is 19.9 Å². The lowest BCUT2D eigenvalue weighted by Gasteiger charge is -2.12. The standard InChI is InChI=1S/C16H20N2O3/c1-11(2)10-20-16-14(17)7-8-15(18-16)21-13-6-4-5-12(9-13)19-3/h4-9,11H,10,17H2,1-3H3. The molecule has 5 nitrogen and oxygen atoms in total. The lowest BCUT2D eigenvalue weighted by Crippen LogP contribution is -2.07. The quantitative estimate of drug-likeness (QED) is 0.881. The maximum Gasteiger partial charge on any atom is 0.240 e. The molecule has 0 aliphatic carbocycles. The molecule has 2 aromatic rings. The van der Waals surface area contributed by atoms with Crippen molar-refractivity contribution in [3.05, 3.63) is 36.4 Å². The summed E-state index contributed by atoms with van der Waals surface area (Å²) in [6.07, 6.45) is 0. The number of nitrogen functional groups attached to an aromatic ring is 1. The van der Waals surface area contributed by atoms with E-state index >= 15 is 0 Å². The number of aromatic nitrogens is 1. The molecular weight excluding hydrogens is 268 g/mol. The average molecular weight is 288 g/mol. The smallest absolute Gasteiger partial charge is 0.240 e. The first-order valence-electron chi connectivity index (χ1n) is 6.79. The van der Waals surface area contributed by atoms with Gasteiger partial charge in [0.05, 0.1) is 19.4 Å². The molecule has 2 N–H and O–H groups in total. The molecule has 0 bridgehead atoms. The Labute approximate surface area is 124 Å². The van der Waals surface area contributed by atoms with Crippen LogP contribution in [0.5, 0.6) is 23.3 Å². The summed E-state index contributed by atoms with van der Waals surface area (Å²) in [5.74, 6) is 2.58. The number of ether oxygens (including phenoxy) is 3. The Morgan fingerprint density at radius 3 is 2.62 bits per heavy atom. The number of pyridine rings is 1. The molecule has 2 rings (SSSR count). The largest absolute Gasteiger partial charge is 0.497 e. The second-order valence-corrected chi connectivity index (χ2v) is 5.03. The van der Waals surface area contributed by atoms with E-state index in [0.29, 0.717) is 35.7 Å². The molecule has 0 aliphatic heterocycles. The second kappa shape index (κ2) is 6.83. The highest BCUT2D eigenvalue weighted by Crippen LogP contribution is 2.28. The van der Waals surface area contributed by atoms with E-state index in [4.69, 9.17) is 19.9 Å². The number of benzene rings is 1. The molecule has 112 valence electrons. The van der Waals surface area contributed by atoms with Gasteiger partial charge in [0.2, 0.25) is 11.8 Å². The highest BCUT2D eigenvalue weighted by atomic mass is 16.5. The van der Waals surface area contributed by atoms with Crippen LogP contribution in [-0.4, -0.2) is 18.7 Å². The van der Waals surface area contributed by atoms with Crippen molar-refractivity contribution in [3.63, 3.8) is 0 Å². The summed E-state index contributed by atoms with van der Waals surface area (Å²) in [5.41, 5.74) is 6.35. The molecule has 0 radical (unpaired) electrons. The van der Waals surface area contributed by atoms with E-state index in [1.807, 2.05) is 18.2 Å². The first-order valence-corrected chi connectivity index (χ1v) is 6.79. The Bertz CT molecular complexity index is 600. The van der Waals surface area contributed by atoms with Crippen LogP contribution in [0.1, 0.15) is 13.8 Å². The van der Waals surface area contributed by atoms with Gasteiger partial charge in [-0.15, -0.1) is 0 Å². The molecule has 0 amide bonds. The van der Waals surface area contributed by atoms with Gasteiger partial charge in [0.1, 0.15) is 11.5 Å². The van der Waals surface area contributed by atoms with Crippen LogP contribution in [0.4, 0.5) is 5.69 Å². The fourth-order valence-corrected chi connectivity index (χ4v) is 1.64. The minimum Gasteiger partial charge on any atom is -0.497 e. The molecule has 5 heteroatoms. The maximum atomic E-state index is 5.85. The Kier molecular flexibility index (Phi) is 4.87. The number of rotatable bonds is 6. The Morgan fingerprint density at radius 1 is 1.14 bits per heavy atom. The van der Waals surface area contributed by atoms with Gasteiger partial charge in [-0.1, -0.05) is 19.9 Å². The summed E-state index contributed by atoms with van der Waals surface area (Å²) in [6, 6.07) is 10.7. The lowest BCUT2D eigenvalue weighted by molar-refractivity contribution is 0.260. The highest BCUT2D eigenvalue weighted by Gasteiger charge is 2.07. The molecule has 0 saturated carbocycles. The highest BCUT2D eigenvalue weighted by molar-refractivity contribution is 5.49. The summed E-state index contributed by atoms with van der Waals surface area (Å²) >= 11 is 0. The molecule has 1 aromatic carbocycles. The zero-order valence-corrected chi connectivity index (χ0v) is 12.5. The summed E-state index contributed by atoms with van der Waals surface area (Å²) in [6.45, 7) is 4.68. The van der Waals surface area contributed by atoms with Crippen molar-refractivity contribution in [3.8, 4) is 23.3 Å². The number of nitrogens with two attached hydrogens (primary N) is 1. The molecule has 0 atom stereocenters. The molecule has 21 heavy (non-hydrogen) atoms. The van der Waals surface area contributed by atoms with Crippen molar-refractivity contribution in [2.45, 2.75) is 13.8 Å². The fourth-order valence-electron chi connectivity index (χ4n) is 1.64. The van der Waals surface area contributed by atoms with Crippen LogP contribution in [0.2, 0.25) is 0 Å². The molecular formula is C16H20N2O3. The first kappa shape index (κ1) is 15.0. The van der Waals surface area contributed by atoms with Crippen molar-refractivity contribution >= 4 is 5.69 Å². The van der Waals surface area contributed by atoms with Crippen LogP contribution in [0.3, 0.4) is 0 Å². The summed E-state index contributed by atoms with van der Waals surface area (Å²) < 4.78 is 16.4. The van der Waals surface area contributed by atoms with Crippen molar-refractivity contribution < 1.29 is 14.2 Å². The van der Waals surface area contributed by atoms with E-state index in [1.165, 1.54) is 0 Å². The second-order valence-electron chi connectivity index (χ2n) is 5.03. The monoisotopic (exact) mass is 288 g/mol. The van der Waals surface area contributed by atoms with Gasteiger partial charge >= 0.3 is 0 Å². The predicted octanol–water partition coefficient (Wildman–Crippen LogP) is 3.50. The normalized spacial score (nSPS) is 10.5. The number of methoxy groups -OCH3 is 1. The third-order valence-corrected chi connectivity index (χ3v) is 2.68. The van der Waals surface area contributed by atoms with Gasteiger partial charge in [0.25, 0.3) is 0 Å². The molecule has 0 spiro atoms. The Morgan fingerprint density at radius 2 is 1.90 bits per heavy atom. The number of hydrogen-bond acceptors (Lipinski definition) is 5. The Hall–Kier alpha value is -2.43. The molecule has 1 aromatic heterocycles. The number of anilines is 1. The molecule has 0 fully saturated rings. The topological polar surface area (TPSA) is 66.6 Å². The third-order valence-electron chi connectivity index (χ3n) is 2.68. The molecule has 0 saturated heterocycles. The van der Waals surface area contributed by atoms with Crippen LogP contribution in [0.15, 0.2) is 36.4 Å². The van der Waals surface area contributed by atoms with Gasteiger partial charge in [-0.25, -0.2) is 0 Å². The van der Waals surface area contributed by atoms with Gasteiger partial charge in [0, 0.05) is 12.1 Å². The SMILES string of the molecule is COc1cccc(Oc2ccc(N)c(OCC(C)C)n2)c1. The van der Waals surface area contributed by atoms with E-state index in [-0.39, 0.29) is 0 Å². The summed E-state index contributed by atoms with van der Waals surface area (Å²) in [5, 5.41) is 0. The van der Waals surface area contributed by atoms with E-state index in [1.54, 1.807) is 25.3 Å². The number of nitrogens with zero attached hydrogens (tertiary/aromatic N) is 1. The van der Waals surface area contributed by atoms with E-state index in [0.717, 1.165) is 5.75 Å². The number of hydrogen-bond donors (Lipinski definition) is 1. The van der Waals surface area contributed by atoms with Gasteiger partial charge in [-0.2, -0.15) is 4.98 Å². The first-order chi connectivity index (χ1) is 10.1. The van der Waals surface area contributed by atoms with Gasteiger partial charge in [0.15, 0.2) is 0 Å². The van der Waals surface area contributed by atoms with Crippen LogP contribution < -0.4 is 19.9 Å². The lowest BCUT2D eigenvalue weighted by atomic mass is 10.2. The van der Waals surface area contributed by atoms with E-state index < -0.39 is 0 Å². The zero-order valence-electron chi connectivity index (χ0n) is 12.5. The molecule has 0 unspecified atom stereocenters. The summed E-state index contributed by atoms with van der Waals surface area (Å²) in [4.78, 5) is 4.28. The molecule has 1 heterocycles. The maximum absolute atomic E-state index is 5.85. The van der Waals surface area contributed by atoms with Gasteiger partial charge in [-0.3, -0.25) is 0 Å². The molecule has 0 aliphatic rings. The Balaban J connectivity index is 2.14. The van der Waals surface area contributed by atoms with Crippen molar-refractivity contribution in [1.82, 2.24) is 4.98 Å². The minimum atomic E-state index is 0.393. The third kappa shape index (κ3) is 4.27. The van der Waals surface area contributed by atoms with Crippen LogP contribution in [-0.2, 0) is 0 Å². The van der Waals surface area contributed by atoms with Gasteiger partial charge in [-0.05, 0) is 24.1 Å². The fraction of sp³-hybridized carbons (Fsp3) is 0.312. The van der Waals surface area contributed by atoms with E-state index in [9.17, 15) is 0 Å². The minimum absolute atomic E-state index is 0.393. The van der Waals surface area contributed by atoms with Crippen LogP contribution in [0, 0.1) is 5.92 Å². The average Bonchev–Trinajstić information content (AvgIpc) is 2.48. The van der Waals surface area contributed by atoms with E-state index in [2.05, 4.69) is 18.8 Å². The predicted molar refractivity (Wildman–Crippen MR) is 82.1 cm³/mol.